The van der Waals surface area contributed by atoms with Crippen LogP contribution in [0.3, 0.4) is 0 Å². The Labute approximate surface area is 135 Å². The highest BCUT2D eigenvalue weighted by molar-refractivity contribution is 7.80. The van der Waals surface area contributed by atoms with Gasteiger partial charge in [-0.3, -0.25) is 0 Å². The first-order valence-electron chi connectivity index (χ1n) is 7.26. The molecule has 120 valence electrons. The average molecular weight is 323 g/mol. The Morgan fingerprint density at radius 1 is 1.32 bits per heavy atom. The minimum absolute atomic E-state index is 0.0942. The molecule has 0 saturated heterocycles. The van der Waals surface area contributed by atoms with E-state index in [2.05, 4.69) is 4.74 Å². The molecular weight excluding hydrogens is 302 g/mol. The van der Waals surface area contributed by atoms with Crippen LogP contribution in [0.1, 0.15) is 36.3 Å². The number of benzene rings is 1. The van der Waals surface area contributed by atoms with Crippen molar-refractivity contribution in [2.24, 2.45) is 5.73 Å². The molecule has 1 saturated carbocycles. The van der Waals surface area contributed by atoms with Crippen molar-refractivity contribution >= 4 is 23.2 Å². The third-order valence-electron chi connectivity index (χ3n) is 3.50. The summed E-state index contributed by atoms with van der Waals surface area (Å²) in [6.45, 7) is 2.30. The van der Waals surface area contributed by atoms with E-state index in [1.54, 1.807) is 0 Å². The monoisotopic (exact) mass is 323 g/mol. The van der Waals surface area contributed by atoms with Crippen molar-refractivity contribution in [1.82, 2.24) is 0 Å². The fraction of sp³-hybridized carbons (Fsp3) is 0.500. The van der Waals surface area contributed by atoms with Crippen molar-refractivity contribution in [2.45, 2.75) is 32.1 Å². The van der Waals surface area contributed by atoms with Crippen LogP contribution in [0, 0.1) is 6.92 Å². The van der Waals surface area contributed by atoms with Crippen molar-refractivity contribution in [2.75, 3.05) is 20.3 Å². The van der Waals surface area contributed by atoms with Gasteiger partial charge >= 0.3 is 5.97 Å². The number of hydrogen-bond donors (Lipinski definition) is 1. The standard InChI is InChI=1S/C16H21NO4S/c1-10-7-14(20-6-5-15(17)22)12(11-3-4-11)8-13(10)21-9-16(18)19-2/h7-8,11H,3-6,9H2,1-2H3,(H2,17,22). The number of nitrogens with two attached hydrogens (primary N) is 1. The van der Waals surface area contributed by atoms with Crippen LogP contribution in [0.15, 0.2) is 12.1 Å². The zero-order valence-corrected chi connectivity index (χ0v) is 13.7. The molecule has 0 amide bonds. The van der Waals surface area contributed by atoms with E-state index in [1.165, 1.54) is 7.11 Å². The maximum atomic E-state index is 11.2. The van der Waals surface area contributed by atoms with E-state index in [4.69, 9.17) is 27.4 Å². The summed E-state index contributed by atoms with van der Waals surface area (Å²) in [5, 5.41) is 0. The van der Waals surface area contributed by atoms with Crippen LogP contribution in [0.25, 0.3) is 0 Å². The Hall–Kier alpha value is -1.82. The number of methoxy groups -OCH3 is 1. The fourth-order valence-corrected chi connectivity index (χ4v) is 2.21. The van der Waals surface area contributed by atoms with Gasteiger partial charge < -0.3 is 19.9 Å². The first kappa shape index (κ1) is 16.5. The summed E-state index contributed by atoms with van der Waals surface area (Å²) in [6, 6.07) is 3.91. The maximum absolute atomic E-state index is 11.2. The van der Waals surface area contributed by atoms with Crippen LogP contribution in [0.4, 0.5) is 0 Å². The lowest BCUT2D eigenvalue weighted by atomic mass is 10.1. The van der Waals surface area contributed by atoms with Gasteiger partial charge in [-0.1, -0.05) is 12.2 Å². The minimum atomic E-state index is -0.399. The molecule has 0 bridgehead atoms. The second-order valence-corrected chi connectivity index (χ2v) is 5.88. The van der Waals surface area contributed by atoms with E-state index in [0.717, 1.165) is 29.7 Å². The number of carbonyl (C=O) groups excluding carboxylic acids is 1. The summed E-state index contributed by atoms with van der Waals surface area (Å²) in [6.07, 6.45) is 2.84. The molecule has 2 rings (SSSR count). The summed E-state index contributed by atoms with van der Waals surface area (Å²) < 4.78 is 15.9. The molecule has 0 radical (unpaired) electrons. The molecule has 0 atom stereocenters. The van der Waals surface area contributed by atoms with Gasteiger partial charge in [0.05, 0.1) is 18.7 Å². The molecule has 1 aliphatic rings. The Morgan fingerprint density at radius 2 is 2.05 bits per heavy atom. The molecule has 1 aromatic rings. The number of ether oxygens (including phenoxy) is 3. The van der Waals surface area contributed by atoms with E-state index in [0.29, 0.717) is 29.7 Å². The summed E-state index contributed by atoms with van der Waals surface area (Å²) in [5.74, 6) is 1.64. The quantitative estimate of drug-likeness (QED) is 0.585. The third-order valence-corrected chi connectivity index (χ3v) is 3.71. The van der Waals surface area contributed by atoms with Crippen LogP contribution >= 0.6 is 12.2 Å². The normalized spacial score (nSPS) is 13.5. The first-order chi connectivity index (χ1) is 10.5. The summed E-state index contributed by atoms with van der Waals surface area (Å²) >= 11 is 4.86. The van der Waals surface area contributed by atoms with Gasteiger partial charge in [0.1, 0.15) is 11.5 Å². The topological polar surface area (TPSA) is 70.8 Å². The Morgan fingerprint density at radius 3 is 2.64 bits per heavy atom. The molecule has 0 aromatic heterocycles. The van der Waals surface area contributed by atoms with Crippen LogP contribution in [-0.4, -0.2) is 31.3 Å². The van der Waals surface area contributed by atoms with E-state index in [1.807, 2.05) is 19.1 Å². The van der Waals surface area contributed by atoms with E-state index in [-0.39, 0.29) is 6.61 Å². The van der Waals surface area contributed by atoms with Crippen molar-refractivity contribution in [3.05, 3.63) is 23.3 Å². The van der Waals surface area contributed by atoms with Gasteiger partial charge in [0.25, 0.3) is 0 Å². The van der Waals surface area contributed by atoms with E-state index < -0.39 is 5.97 Å². The SMILES string of the molecule is COC(=O)COc1cc(C2CC2)c(OCCC(N)=S)cc1C. The number of rotatable bonds is 8. The molecule has 1 aliphatic carbocycles. The average Bonchev–Trinajstić information content (AvgIpc) is 3.30. The largest absolute Gasteiger partial charge is 0.493 e. The lowest BCUT2D eigenvalue weighted by Gasteiger charge is -2.15. The fourth-order valence-electron chi connectivity index (χ4n) is 2.13. The van der Waals surface area contributed by atoms with Crippen LogP contribution in [0.2, 0.25) is 0 Å². The van der Waals surface area contributed by atoms with Gasteiger partial charge in [0.2, 0.25) is 0 Å². The Balaban J connectivity index is 2.11. The van der Waals surface area contributed by atoms with Crippen LogP contribution in [-0.2, 0) is 9.53 Å². The second kappa shape index (κ2) is 7.45. The van der Waals surface area contributed by atoms with Gasteiger partial charge in [-0.15, -0.1) is 0 Å². The molecule has 0 spiro atoms. The van der Waals surface area contributed by atoms with Crippen molar-refractivity contribution in [1.29, 1.82) is 0 Å². The van der Waals surface area contributed by atoms with Crippen LogP contribution < -0.4 is 15.2 Å². The number of aryl methyl sites for hydroxylation is 1. The molecular formula is C16H21NO4S. The lowest BCUT2D eigenvalue weighted by Crippen LogP contribution is -2.14. The lowest BCUT2D eigenvalue weighted by molar-refractivity contribution is -0.142. The van der Waals surface area contributed by atoms with Gasteiger partial charge in [-0.05, 0) is 43.4 Å². The third kappa shape index (κ3) is 4.59. The van der Waals surface area contributed by atoms with Crippen molar-refractivity contribution in [3.8, 4) is 11.5 Å². The molecule has 0 aliphatic heterocycles. The molecule has 0 heterocycles. The zero-order valence-electron chi connectivity index (χ0n) is 12.9. The number of thiocarbonyl (C=S) groups is 1. The number of hydrogen-bond acceptors (Lipinski definition) is 5. The first-order valence-corrected chi connectivity index (χ1v) is 7.67. The number of esters is 1. The molecule has 0 unspecified atom stereocenters. The molecule has 1 fully saturated rings. The summed E-state index contributed by atoms with van der Waals surface area (Å²) in [4.78, 5) is 11.7. The molecule has 22 heavy (non-hydrogen) atoms. The predicted octanol–water partition coefficient (Wildman–Crippen LogP) is 2.48. The molecule has 5 nitrogen and oxygen atoms in total. The zero-order chi connectivity index (χ0) is 16.1. The van der Waals surface area contributed by atoms with E-state index >= 15 is 0 Å². The summed E-state index contributed by atoms with van der Waals surface area (Å²) in [7, 11) is 1.34. The highest BCUT2D eigenvalue weighted by Crippen LogP contribution is 2.46. The molecule has 1 aromatic carbocycles. The molecule has 6 heteroatoms. The Kier molecular flexibility index (Phi) is 5.60. The predicted molar refractivity (Wildman–Crippen MR) is 87.6 cm³/mol. The Bertz CT molecular complexity index is 570. The summed E-state index contributed by atoms with van der Waals surface area (Å²) in [5.41, 5.74) is 7.52. The van der Waals surface area contributed by atoms with Gasteiger partial charge in [0, 0.05) is 12.0 Å². The minimum Gasteiger partial charge on any atom is -0.493 e. The van der Waals surface area contributed by atoms with Gasteiger partial charge in [0.15, 0.2) is 6.61 Å². The van der Waals surface area contributed by atoms with Gasteiger partial charge in [-0.2, -0.15) is 0 Å². The van der Waals surface area contributed by atoms with E-state index in [9.17, 15) is 4.79 Å². The van der Waals surface area contributed by atoms with Gasteiger partial charge in [-0.25, -0.2) is 4.79 Å². The smallest absolute Gasteiger partial charge is 0.343 e. The maximum Gasteiger partial charge on any atom is 0.343 e. The van der Waals surface area contributed by atoms with Crippen molar-refractivity contribution < 1.29 is 19.0 Å². The highest BCUT2D eigenvalue weighted by Gasteiger charge is 2.28. The molecule has 2 N–H and O–H groups in total. The second-order valence-electron chi connectivity index (χ2n) is 5.36. The van der Waals surface area contributed by atoms with Crippen LogP contribution in [0.5, 0.6) is 11.5 Å². The number of carbonyl (C=O) groups is 1. The van der Waals surface area contributed by atoms with Crippen molar-refractivity contribution in [3.63, 3.8) is 0 Å². The highest BCUT2D eigenvalue weighted by atomic mass is 32.1.